The number of aromatic nitrogens is 2. The van der Waals surface area contributed by atoms with Crippen LogP contribution < -0.4 is 0 Å². The van der Waals surface area contributed by atoms with Gasteiger partial charge >= 0.3 is 0 Å². The molecule has 1 radical (unpaired) electrons. The van der Waals surface area contributed by atoms with Gasteiger partial charge in [0.25, 0.3) is 0 Å². The van der Waals surface area contributed by atoms with Crippen molar-refractivity contribution in [3.63, 3.8) is 0 Å². The molecule has 0 fully saturated rings. The maximum absolute atomic E-state index is 4.64. The Kier molecular flexibility index (Phi) is 14.1. The molecule has 2 nitrogen and oxygen atoms in total. The van der Waals surface area contributed by atoms with E-state index in [0.717, 1.165) is 41.8 Å². The summed E-state index contributed by atoms with van der Waals surface area (Å²) in [6.07, 6.45) is 14.5. The molecule has 0 spiro atoms. The summed E-state index contributed by atoms with van der Waals surface area (Å²) in [4.78, 5) is 9.11. The Balaban J connectivity index is 0.000000249. The van der Waals surface area contributed by atoms with Gasteiger partial charge in [0.15, 0.2) is 0 Å². The van der Waals surface area contributed by atoms with Gasteiger partial charge < -0.3 is 9.97 Å². The molecule has 263 valence electrons. The molecule has 0 saturated heterocycles. The second-order valence-electron chi connectivity index (χ2n) is 14.2. The van der Waals surface area contributed by atoms with Crippen molar-refractivity contribution in [2.45, 2.75) is 85.5 Å². The Morgan fingerprint density at radius 2 is 1.22 bits per heavy atom. The van der Waals surface area contributed by atoms with Gasteiger partial charge in [-0.1, -0.05) is 62.4 Å². The van der Waals surface area contributed by atoms with E-state index in [-0.39, 0.29) is 20.1 Å². The number of pyridine rings is 2. The molecule has 10 rings (SSSR count). The number of benzene rings is 4. The molecule has 4 aliphatic rings. The molecule has 0 N–H and O–H groups in total. The molecule has 6 aromatic rings. The zero-order chi connectivity index (χ0) is 34.7. The molecule has 0 unspecified atom stereocenters. The van der Waals surface area contributed by atoms with Crippen molar-refractivity contribution in [3.8, 4) is 33.6 Å². The molecule has 0 aliphatic heterocycles. The Morgan fingerprint density at radius 3 is 1.80 bits per heavy atom. The third-order valence-electron chi connectivity index (χ3n) is 10.00. The molecule has 2 aromatic heterocycles. The van der Waals surface area contributed by atoms with Crippen molar-refractivity contribution >= 4 is 0 Å². The first-order valence-corrected chi connectivity index (χ1v) is 18.5. The van der Waals surface area contributed by atoms with Crippen LogP contribution >= 0.6 is 0 Å². The molecule has 0 atom stereocenters. The summed E-state index contributed by atoms with van der Waals surface area (Å²) in [7, 11) is 0. The van der Waals surface area contributed by atoms with Crippen LogP contribution in [0.4, 0.5) is 0 Å². The van der Waals surface area contributed by atoms with Gasteiger partial charge in [-0.2, -0.15) is 0 Å². The van der Waals surface area contributed by atoms with Crippen LogP contribution in [0.1, 0.15) is 78.5 Å². The van der Waals surface area contributed by atoms with Crippen molar-refractivity contribution in [2.24, 2.45) is 5.92 Å². The van der Waals surface area contributed by atoms with E-state index in [1.807, 2.05) is 48.8 Å². The molecular formula is C48H50IrN2-2. The van der Waals surface area contributed by atoms with E-state index in [9.17, 15) is 0 Å². The van der Waals surface area contributed by atoms with Gasteiger partial charge in [-0.05, 0) is 145 Å². The molecule has 2 heterocycles. The number of hydrogen-bond donors (Lipinski definition) is 0. The fraction of sp³-hybridized carbons (Fsp3) is 0.292. The van der Waals surface area contributed by atoms with Crippen molar-refractivity contribution in [3.05, 3.63) is 167 Å². The van der Waals surface area contributed by atoms with Crippen LogP contribution in [0, 0.1) is 31.9 Å². The standard InChI is InChI=1S/C33H34N.C15H16N.Ir/c1-24-25(2)28-12-8-9-13-29-17-16-26(10-6-7-11-27(24)18-19-28)22-32(29)31-20-21-34-33(23-31)30-14-4-3-5-15-30;1-12(2)10-13-8-9-15(16-11-13)14-6-4-3-5-7-14;/h3-5,14,16-23H,6-13H2,1-2H3;3-6,8-9,11-12H,10H2,1-2H3;/q2*-1;. The van der Waals surface area contributed by atoms with Crippen molar-refractivity contribution in [1.29, 1.82) is 0 Å². The molecule has 51 heavy (non-hydrogen) atoms. The van der Waals surface area contributed by atoms with E-state index in [1.165, 1.54) is 88.6 Å². The molecule has 4 aromatic carbocycles. The fourth-order valence-corrected chi connectivity index (χ4v) is 7.04. The van der Waals surface area contributed by atoms with Gasteiger partial charge in [-0.25, -0.2) is 0 Å². The summed E-state index contributed by atoms with van der Waals surface area (Å²) in [5.74, 6) is 0.677. The summed E-state index contributed by atoms with van der Waals surface area (Å²) in [5, 5.41) is 0. The van der Waals surface area contributed by atoms with Gasteiger partial charge in [-0.15, -0.1) is 71.8 Å². The predicted molar refractivity (Wildman–Crippen MR) is 210 cm³/mol. The zero-order valence-corrected chi connectivity index (χ0v) is 33.0. The SMILES string of the molecule is CC(C)Cc1ccc(-c2[c-]cccc2)nc1.Cc1c2ccc(c1C)CCCCc1ccc(cc1-c1ccnc(-c3[c-]cccc3)c1)CCCC2.[Ir]. The van der Waals surface area contributed by atoms with Crippen LogP contribution in [0.15, 0.2) is 116 Å². The van der Waals surface area contributed by atoms with Gasteiger partial charge in [-0.3, -0.25) is 0 Å². The first kappa shape index (κ1) is 38.1. The Bertz CT molecular complexity index is 1960. The average molecular weight is 847 g/mol. The Hall–Kier alpha value is -4.17. The van der Waals surface area contributed by atoms with Crippen molar-refractivity contribution in [1.82, 2.24) is 9.97 Å². The smallest absolute Gasteiger partial charge is 0.0192 e. The molecular weight excluding hydrogens is 797 g/mol. The van der Waals surface area contributed by atoms with E-state index >= 15 is 0 Å². The second-order valence-corrected chi connectivity index (χ2v) is 14.2. The second kappa shape index (κ2) is 18.9. The topological polar surface area (TPSA) is 25.8 Å². The van der Waals surface area contributed by atoms with E-state index < -0.39 is 0 Å². The fourth-order valence-electron chi connectivity index (χ4n) is 7.04. The largest absolute Gasteiger partial charge is 0.305 e. The minimum absolute atomic E-state index is 0. The number of nitrogens with zero attached hydrogens (tertiary/aromatic N) is 2. The van der Waals surface area contributed by atoms with Gasteiger partial charge in [0.2, 0.25) is 0 Å². The normalized spacial score (nSPS) is 13.0. The Labute approximate surface area is 320 Å². The quantitative estimate of drug-likeness (QED) is 0.162. The first-order valence-electron chi connectivity index (χ1n) is 18.5. The first-order chi connectivity index (χ1) is 24.4. The van der Waals surface area contributed by atoms with Crippen molar-refractivity contribution in [2.75, 3.05) is 0 Å². The number of aryl methyl sites for hydroxylation is 4. The monoisotopic (exact) mass is 847 g/mol. The van der Waals surface area contributed by atoms with Gasteiger partial charge in [0, 0.05) is 32.5 Å². The van der Waals surface area contributed by atoms with Gasteiger partial charge in [0.05, 0.1) is 0 Å². The maximum Gasteiger partial charge on any atom is 0.0192 e. The van der Waals surface area contributed by atoms with Crippen LogP contribution in [0.2, 0.25) is 0 Å². The average Bonchev–Trinajstić information content (AvgIpc) is 3.15. The minimum Gasteiger partial charge on any atom is -0.305 e. The predicted octanol–water partition coefficient (Wildman–Crippen LogP) is 12.0. The number of rotatable bonds is 5. The van der Waals surface area contributed by atoms with E-state index in [1.54, 1.807) is 0 Å². The van der Waals surface area contributed by atoms with Crippen LogP contribution in [0.25, 0.3) is 33.6 Å². The third-order valence-corrected chi connectivity index (χ3v) is 10.00. The molecule has 3 heteroatoms. The molecule has 4 aliphatic carbocycles. The molecule has 0 amide bonds. The van der Waals surface area contributed by atoms with Crippen LogP contribution in [-0.2, 0) is 52.2 Å². The van der Waals surface area contributed by atoms with Crippen LogP contribution in [-0.4, -0.2) is 9.97 Å². The summed E-state index contributed by atoms with van der Waals surface area (Å²) in [6.45, 7) is 9.08. The molecule has 0 saturated carbocycles. The molecule has 4 bridgehead atoms. The maximum atomic E-state index is 4.64. The van der Waals surface area contributed by atoms with E-state index in [2.05, 4.69) is 117 Å². The summed E-state index contributed by atoms with van der Waals surface area (Å²) in [5.41, 5.74) is 17.0. The third kappa shape index (κ3) is 10.4. The Morgan fingerprint density at radius 1 is 0.608 bits per heavy atom. The van der Waals surface area contributed by atoms with E-state index in [4.69, 9.17) is 0 Å². The minimum atomic E-state index is 0. The van der Waals surface area contributed by atoms with Crippen LogP contribution in [0.5, 0.6) is 0 Å². The van der Waals surface area contributed by atoms with Crippen LogP contribution in [0.3, 0.4) is 0 Å². The number of hydrogen-bond acceptors (Lipinski definition) is 2. The zero-order valence-electron chi connectivity index (χ0n) is 30.6. The van der Waals surface area contributed by atoms with E-state index in [0.29, 0.717) is 5.92 Å². The summed E-state index contributed by atoms with van der Waals surface area (Å²) < 4.78 is 0. The van der Waals surface area contributed by atoms with Crippen molar-refractivity contribution < 1.29 is 20.1 Å². The summed E-state index contributed by atoms with van der Waals surface area (Å²) >= 11 is 0. The van der Waals surface area contributed by atoms with Gasteiger partial charge in [0.1, 0.15) is 0 Å². The summed E-state index contributed by atoms with van der Waals surface area (Å²) in [6, 6.07) is 43.1.